The number of carbonyl (C=O) groups excluding carboxylic acids is 7. The molecule has 1 saturated heterocycles. The zero-order chi connectivity index (χ0) is 101. The molecule has 0 saturated carbocycles. The molecule has 0 aliphatic carbocycles. The van der Waals surface area contributed by atoms with Gasteiger partial charge >= 0.3 is 0 Å². The van der Waals surface area contributed by atoms with Crippen molar-refractivity contribution in [3.63, 3.8) is 0 Å². The number of H-pyrrole nitrogens is 1. The second-order valence-corrected chi connectivity index (χ2v) is 38.6. The van der Waals surface area contributed by atoms with Crippen LogP contribution in [-0.2, 0) is 47.7 Å². The van der Waals surface area contributed by atoms with Gasteiger partial charge < -0.3 is 35.3 Å². The van der Waals surface area contributed by atoms with Crippen LogP contribution in [0.25, 0.3) is 90.4 Å². The van der Waals surface area contributed by atoms with Gasteiger partial charge in [0.2, 0.25) is 23.6 Å². The first-order valence-corrected chi connectivity index (χ1v) is 51.5. The summed E-state index contributed by atoms with van der Waals surface area (Å²) in [4.78, 5) is 167. The summed E-state index contributed by atoms with van der Waals surface area (Å²) in [6, 6.07) is 67.2. The normalized spacial score (nSPS) is 12.2. The van der Waals surface area contributed by atoms with Crippen molar-refractivity contribution in [1.29, 1.82) is 0 Å². The third-order valence-corrected chi connectivity index (χ3v) is 26.3. The summed E-state index contributed by atoms with van der Waals surface area (Å²) in [5.74, 6) is -1.14. The number of hydrogen-bond donors (Lipinski definition) is 7. The second kappa shape index (κ2) is 48.2. The topological polar surface area (TPSA) is 479 Å². The third kappa shape index (κ3) is 27.6. The van der Waals surface area contributed by atoms with Crippen LogP contribution in [0.5, 0.6) is 11.5 Å². The van der Waals surface area contributed by atoms with E-state index in [1.807, 2.05) is 160 Å². The molecule has 0 bridgehead atoms. The van der Waals surface area contributed by atoms with Crippen molar-refractivity contribution in [2.24, 2.45) is 5.92 Å². The molecule has 20 aromatic rings. The highest BCUT2D eigenvalue weighted by atomic mass is 32.2. The molecule has 2 aliphatic heterocycles. The zero-order valence-electron chi connectivity index (χ0n) is 76.4. The lowest BCUT2D eigenvalue weighted by Crippen LogP contribution is -2.28. The third-order valence-electron chi connectivity index (χ3n) is 20.9. The van der Waals surface area contributed by atoms with Crippen LogP contribution in [-0.4, -0.2) is 160 Å². The van der Waals surface area contributed by atoms with Crippen molar-refractivity contribution in [2.75, 3.05) is 62.8 Å². The summed E-state index contributed by atoms with van der Waals surface area (Å²) in [5, 5.41) is 30.7. The Hall–Kier alpha value is -17.7. The van der Waals surface area contributed by atoms with Gasteiger partial charge in [0.05, 0.1) is 86.8 Å². The van der Waals surface area contributed by atoms with Crippen LogP contribution >= 0.6 is 68.0 Å². The Morgan fingerprint density at radius 3 is 1.32 bits per heavy atom. The lowest BCUT2D eigenvalue weighted by Gasteiger charge is -2.22. The maximum atomic E-state index is 13.1. The number of pyridine rings is 7. The van der Waals surface area contributed by atoms with Gasteiger partial charge in [-0.2, -0.15) is 0 Å². The first-order chi connectivity index (χ1) is 71.1. The van der Waals surface area contributed by atoms with Gasteiger partial charge in [0.1, 0.15) is 59.7 Å². The number of aromatic nitrogens is 17. The van der Waals surface area contributed by atoms with E-state index >= 15 is 0 Å². The number of halogens is 1. The minimum atomic E-state index is -3.10. The summed E-state index contributed by atoms with van der Waals surface area (Å²) in [7, 11) is -3.10. The number of hydrogen-bond acceptors (Lipinski definition) is 33. The summed E-state index contributed by atoms with van der Waals surface area (Å²) in [6.07, 6.45) is 17.6. The number of para-hydroxylation sites is 2. The SMILES string of the molecule is CS(=O)(=O)Cc1ccc(C(=O)Nc2nc(-c3ccccn3)cs2)cc1.O=C(Cc1cccc(F)c1)Nc1nc(-c2ccccn2)cs1.O=C(Cn1c(=O)cnc2ccccc21)Nc1nc(-c2ccccn2)cs1.O=C(Nc1nc(-c2ccccn2)cs1)C1CC(=O)N(c2ccc3c(c2)OCCO3)C1.O=C(Nc1nc(-c2ccccn2)cs1)c1ccc2nc[nH]c2c1.O=C(Nc1nc(-c2ccccn2)cs1)c1ccncc1. The van der Waals surface area contributed by atoms with E-state index < -0.39 is 15.8 Å². The van der Waals surface area contributed by atoms with E-state index in [1.165, 1.54) is 97.2 Å². The van der Waals surface area contributed by atoms with E-state index in [0.29, 0.717) is 129 Å². The molecular formula is C102H79FN24O12S7. The Balaban J connectivity index is 0.000000120. The number of ether oxygens (including phenoxy) is 2. The smallest absolute Gasteiger partial charge is 0.269 e. The van der Waals surface area contributed by atoms with Crippen molar-refractivity contribution in [2.45, 2.75) is 25.1 Å². The quantitative estimate of drug-likeness (QED) is 0.0313. The molecule has 0 radical (unpaired) electrons. The van der Waals surface area contributed by atoms with Crippen LogP contribution in [0.1, 0.15) is 48.6 Å². The highest BCUT2D eigenvalue weighted by molar-refractivity contribution is 7.89. The molecule has 2 aliphatic rings. The largest absolute Gasteiger partial charge is 0.486 e. The number of amides is 7. The Labute approximate surface area is 854 Å². The molecule has 728 valence electrons. The van der Waals surface area contributed by atoms with Crippen LogP contribution in [0.2, 0.25) is 0 Å². The fourth-order valence-corrected chi connectivity index (χ4v) is 19.1. The number of nitrogens with zero attached hydrogens (tertiary/aromatic N) is 17. The fraction of sp³-hybridized carbons (Fsp3) is 0.0882. The number of benzene rings is 5. The molecule has 5 aromatic carbocycles. The Morgan fingerprint density at radius 2 is 0.849 bits per heavy atom. The number of aromatic amines is 1. The summed E-state index contributed by atoms with van der Waals surface area (Å²) >= 11 is 8.02. The maximum absolute atomic E-state index is 13.1. The lowest BCUT2D eigenvalue weighted by atomic mass is 10.1. The first-order valence-electron chi connectivity index (χ1n) is 44.2. The maximum Gasteiger partial charge on any atom is 0.269 e. The molecule has 17 heterocycles. The van der Waals surface area contributed by atoms with Gasteiger partial charge in [-0.1, -0.05) is 72.8 Å². The predicted octanol–water partition coefficient (Wildman–Crippen LogP) is 18.2. The van der Waals surface area contributed by atoms with E-state index in [-0.39, 0.29) is 77.9 Å². The summed E-state index contributed by atoms with van der Waals surface area (Å²) in [6.45, 7) is 1.18. The molecule has 1 fully saturated rings. The molecule has 22 rings (SSSR count). The van der Waals surface area contributed by atoms with Gasteiger partial charge in [-0.3, -0.25) is 93.8 Å². The number of sulfone groups is 1. The summed E-state index contributed by atoms with van der Waals surface area (Å²) < 4.78 is 48.2. The molecule has 7 amide bonds. The van der Waals surface area contributed by atoms with Gasteiger partial charge in [0.15, 0.2) is 52.1 Å². The predicted molar refractivity (Wildman–Crippen MR) is 561 cm³/mol. The lowest BCUT2D eigenvalue weighted by molar-refractivity contribution is -0.122. The number of thiazole rings is 6. The molecule has 15 aromatic heterocycles. The summed E-state index contributed by atoms with van der Waals surface area (Å²) in [5.41, 5.74) is 15.0. The van der Waals surface area contributed by atoms with Crippen LogP contribution in [0.15, 0.2) is 330 Å². The van der Waals surface area contributed by atoms with Crippen molar-refractivity contribution in [1.82, 2.24) is 84.3 Å². The average molecular weight is 2080 g/mol. The monoisotopic (exact) mass is 2070 g/mol. The number of carbonyl (C=O) groups is 7. The number of nitrogens with one attached hydrogen (secondary N) is 7. The number of rotatable bonds is 23. The van der Waals surface area contributed by atoms with E-state index in [0.717, 1.165) is 56.6 Å². The standard InChI is InChI=1S/C21H18N4O4S.C18H13N5O2S.C17H15N3O3S2.C16H12FN3OS.C16H11N5OS.C14H10N4OS/c26-19-9-13(11-25(19)14-4-5-17-18(10-14)29-8-7-28-17)20(27)24-21-23-16(12-30-21)15-3-1-2-6-22-15;24-16(10-23-15-7-2-1-6-13(15)20-9-17(23)25)22-18-21-14(11-26-18)12-5-3-4-8-19-12;1-25(22,23)11-12-5-7-13(8-6-12)16(21)20-17-19-15(10-24-17)14-4-2-3-9-18-14;17-12-5-3-4-11(8-12)9-15(21)20-16-19-14(10-22-16)13-6-1-2-7-18-13;22-15(10-4-5-12-13(7-10)19-9-18-12)21-16-20-14(8-23-16)11-3-1-2-6-17-11;19-13(10-4-7-15-8-5-10)18-14-17-12(9-20-14)11-3-1-2-6-16-11/h1-6,10,12-13H,7-9,11H2,(H,23,24,27);1-9,11H,10H2,(H,21,22,24);2-10H,11H2,1H3,(H,19,20,21);1-8,10H,9H2,(H,19,20,21);1-9H,(H,18,19)(H,20,21,22);1-9H,(H,17,18,19). The average Bonchev–Trinajstić information content (AvgIpc) is 1.68. The molecule has 36 nitrogen and oxygen atoms in total. The minimum absolute atomic E-state index is 0.0468. The zero-order valence-corrected chi connectivity index (χ0v) is 82.2. The number of imidazole rings is 1. The Bertz CT molecular complexity index is 8140. The molecule has 1 atom stereocenters. The van der Waals surface area contributed by atoms with E-state index in [9.17, 15) is 51.2 Å². The second-order valence-electron chi connectivity index (χ2n) is 31.3. The van der Waals surface area contributed by atoms with Crippen molar-refractivity contribution in [3.05, 3.63) is 369 Å². The van der Waals surface area contributed by atoms with Crippen molar-refractivity contribution >= 4 is 178 Å². The fourth-order valence-electron chi connectivity index (χ4n) is 14.0. The van der Waals surface area contributed by atoms with Gasteiger partial charge in [-0.25, -0.2) is 52.7 Å². The van der Waals surface area contributed by atoms with Crippen molar-refractivity contribution in [3.8, 4) is 79.8 Å². The first kappa shape index (κ1) is 99.9. The van der Waals surface area contributed by atoms with Gasteiger partial charge in [-0.05, 0) is 163 Å². The Morgan fingerprint density at radius 1 is 0.411 bits per heavy atom. The van der Waals surface area contributed by atoms with Crippen LogP contribution < -0.4 is 51.8 Å². The molecule has 7 N–H and O–H groups in total. The van der Waals surface area contributed by atoms with Crippen LogP contribution in [0, 0.1) is 11.7 Å². The van der Waals surface area contributed by atoms with Gasteiger partial charge in [0, 0.05) is 130 Å². The van der Waals surface area contributed by atoms with Crippen LogP contribution in [0.3, 0.4) is 0 Å². The Kier molecular flexibility index (Phi) is 33.0. The van der Waals surface area contributed by atoms with Gasteiger partial charge in [0.25, 0.3) is 23.3 Å². The number of anilines is 7. The van der Waals surface area contributed by atoms with E-state index in [2.05, 4.69) is 112 Å². The van der Waals surface area contributed by atoms with Gasteiger partial charge in [-0.15, -0.1) is 68.0 Å². The van der Waals surface area contributed by atoms with Crippen molar-refractivity contribution < 1.29 is 55.8 Å². The highest BCUT2D eigenvalue weighted by Crippen LogP contribution is 2.38. The van der Waals surface area contributed by atoms with E-state index in [1.54, 1.807) is 152 Å². The highest BCUT2D eigenvalue weighted by Gasteiger charge is 2.36. The minimum Gasteiger partial charge on any atom is -0.486 e. The molecule has 146 heavy (non-hydrogen) atoms. The number of fused-ring (bicyclic) bond motifs is 3. The van der Waals surface area contributed by atoms with Crippen LogP contribution in [0.4, 0.5) is 40.9 Å². The molecule has 44 heteroatoms. The molecular weight excluding hydrogens is 2000 g/mol. The molecule has 1 unspecified atom stereocenters. The molecule has 0 spiro atoms. The van der Waals surface area contributed by atoms with E-state index in [4.69, 9.17) is 9.47 Å².